The lowest BCUT2D eigenvalue weighted by molar-refractivity contribution is -0.137. The summed E-state index contributed by atoms with van der Waals surface area (Å²) in [5.41, 5.74) is -2.86. The lowest BCUT2D eigenvalue weighted by atomic mass is 9.95. The molecular weight excluding hydrogens is 602 g/mol. The fraction of sp³-hybridized carbons (Fsp3) is 0.444. The summed E-state index contributed by atoms with van der Waals surface area (Å²) in [5, 5.41) is -0.522. The SMILES string of the molecule is [B]CC(=O)N1[C@H](C)CN(c2nc(=O)n3c4c(c(-c5cc(Cl)c(F)cc5F)c(C(F)(F)F)cc24)SC[C@@H]3COC)C[C@@H]1C. The molecule has 0 spiro atoms. The summed E-state index contributed by atoms with van der Waals surface area (Å²) in [5.74, 6) is -2.48. The summed E-state index contributed by atoms with van der Waals surface area (Å²) in [6, 6.07) is 0.764. The number of carbonyl (C=O) groups excluding carboxylic acids is 1. The van der Waals surface area contributed by atoms with Crippen molar-refractivity contribution in [2.75, 3.05) is 37.5 Å². The van der Waals surface area contributed by atoms with E-state index in [4.69, 9.17) is 24.2 Å². The molecule has 7 nitrogen and oxygen atoms in total. The van der Waals surface area contributed by atoms with E-state index in [1.165, 1.54) is 11.7 Å². The molecule has 1 fully saturated rings. The van der Waals surface area contributed by atoms with Gasteiger partial charge in [0, 0.05) is 65.5 Å². The molecular formula is C27H25BClF5N4O3S. The Balaban J connectivity index is 1.84. The Kier molecular flexibility index (Phi) is 8.27. The van der Waals surface area contributed by atoms with Crippen LogP contribution in [0.15, 0.2) is 27.9 Å². The number of piperazine rings is 1. The number of nitrogens with zero attached hydrogens (tertiary/aromatic N) is 4. The first-order valence-corrected chi connectivity index (χ1v) is 14.4. The Bertz CT molecular complexity index is 1630. The van der Waals surface area contributed by atoms with Crippen LogP contribution in [0.25, 0.3) is 22.0 Å². The van der Waals surface area contributed by atoms with Crippen molar-refractivity contribution in [2.24, 2.45) is 0 Å². The van der Waals surface area contributed by atoms with Gasteiger partial charge in [-0.1, -0.05) is 11.6 Å². The van der Waals surface area contributed by atoms with E-state index in [0.29, 0.717) is 6.07 Å². The number of ether oxygens (including phenoxy) is 1. The number of thioether (sulfide) groups is 1. The standard InChI is InChI=1S/C27H25BClF5N4O3S/c1-12-8-36(9-13(2)37(12)21(39)7-28)25-16-4-17(27(32,33)34)22(15-5-18(29)20(31)6-19(15)30)24-23(16)38(26(40)35-25)14(10-41-3)11-42-24/h4-6,12-14H,7-11H2,1-3H3/t12-,13+,14-/m0/s1. The highest BCUT2D eigenvalue weighted by Gasteiger charge is 2.41. The van der Waals surface area contributed by atoms with Crippen LogP contribution in [0.4, 0.5) is 27.8 Å². The number of benzene rings is 2. The second-order valence-electron chi connectivity index (χ2n) is 10.4. The number of anilines is 1. The van der Waals surface area contributed by atoms with E-state index in [1.54, 1.807) is 23.6 Å². The molecule has 2 aliphatic rings. The van der Waals surface area contributed by atoms with E-state index in [2.05, 4.69) is 4.98 Å². The number of hydrogen-bond donors (Lipinski definition) is 0. The predicted molar refractivity (Wildman–Crippen MR) is 152 cm³/mol. The molecule has 3 atom stereocenters. The maximum Gasteiger partial charge on any atom is 0.417 e. The van der Waals surface area contributed by atoms with Crippen molar-refractivity contribution in [3.63, 3.8) is 0 Å². The molecule has 2 radical (unpaired) electrons. The number of hydrogen-bond acceptors (Lipinski definition) is 6. The molecule has 0 unspecified atom stereocenters. The van der Waals surface area contributed by atoms with Gasteiger partial charge in [0.1, 0.15) is 17.5 Å². The van der Waals surface area contributed by atoms with Crippen molar-refractivity contribution in [2.45, 2.75) is 49.4 Å². The molecule has 0 bridgehead atoms. The minimum Gasteiger partial charge on any atom is -0.383 e. The zero-order valence-corrected chi connectivity index (χ0v) is 24.3. The normalized spacial score (nSPS) is 20.8. The number of carbonyl (C=O) groups is 1. The number of alkyl halides is 3. The molecule has 0 N–H and O–H groups in total. The van der Waals surface area contributed by atoms with Gasteiger partial charge in [-0.3, -0.25) is 9.36 Å². The Hall–Kier alpha value is -2.84. The third-order valence-corrected chi connectivity index (χ3v) is 9.08. The van der Waals surface area contributed by atoms with E-state index in [1.807, 2.05) is 0 Å². The van der Waals surface area contributed by atoms with E-state index in [0.717, 1.165) is 23.9 Å². The molecule has 3 heterocycles. The maximum atomic E-state index is 15.2. The van der Waals surface area contributed by atoms with Crippen molar-refractivity contribution < 1.29 is 31.5 Å². The number of rotatable bonds is 5. The highest BCUT2D eigenvalue weighted by atomic mass is 35.5. The number of amides is 1. The maximum absolute atomic E-state index is 15.2. The molecule has 2 aliphatic heterocycles. The lowest BCUT2D eigenvalue weighted by Gasteiger charge is -2.45. The predicted octanol–water partition coefficient (Wildman–Crippen LogP) is 5.32. The summed E-state index contributed by atoms with van der Waals surface area (Å²) < 4.78 is 80.0. The van der Waals surface area contributed by atoms with Crippen LogP contribution in [-0.2, 0) is 15.7 Å². The van der Waals surface area contributed by atoms with Crippen LogP contribution in [0.2, 0.25) is 11.3 Å². The fourth-order valence-electron chi connectivity index (χ4n) is 5.95. The molecule has 0 saturated carbocycles. The largest absolute Gasteiger partial charge is 0.417 e. The topological polar surface area (TPSA) is 67.7 Å². The van der Waals surface area contributed by atoms with Gasteiger partial charge in [0.2, 0.25) is 5.91 Å². The Morgan fingerprint density at radius 3 is 2.43 bits per heavy atom. The average Bonchev–Trinajstić information content (AvgIpc) is 2.91. The zero-order valence-electron chi connectivity index (χ0n) is 22.8. The molecule has 1 amide bonds. The van der Waals surface area contributed by atoms with Crippen molar-refractivity contribution in [1.29, 1.82) is 0 Å². The van der Waals surface area contributed by atoms with Crippen molar-refractivity contribution in [3.8, 4) is 11.1 Å². The van der Waals surface area contributed by atoms with E-state index in [9.17, 15) is 27.2 Å². The minimum absolute atomic E-state index is 0.00690. The van der Waals surface area contributed by atoms with Gasteiger partial charge in [-0.05, 0) is 32.3 Å². The van der Waals surface area contributed by atoms with Crippen LogP contribution in [0.3, 0.4) is 0 Å². The summed E-state index contributed by atoms with van der Waals surface area (Å²) in [6.07, 6.45) is -5.17. The summed E-state index contributed by atoms with van der Waals surface area (Å²) >= 11 is 6.91. The van der Waals surface area contributed by atoms with E-state index in [-0.39, 0.29) is 71.4 Å². The monoisotopic (exact) mass is 626 g/mol. The first-order chi connectivity index (χ1) is 19.8. The highest BCUT2D eigenvalue weighted by Crippen LogP contribution is 2.50. The Morgan fingerprint density at radius 1 is 1.17 bits per heavy atom. The third-order valence-electron chi connectivity index (χ3n) is 7.55. The quantitative estimate of drug-likeness (QED) is 0.217. The van der Waals surface area contributed by atoms with Gasteiger partial charge < -0.3 is 14.5 Å². The van der Waals surface area contributed by atoms with Gasteiger partial charge >= 0.3 is 11.9 Å². The second-order valence-corrected chi connectivity index (χ2v) is 11.8. The minimum atomic E-state index is -4.97. The molecule has 15 heteroatoms. The summed E-state index contributed by atoms with van der Waals surface area (Å²) in [4.78, 5) is 33.6. The van der Waals surface area contributed by atoms with E-state index >= 15 is 4.39 Å². The van der Waals surface area contributed by atoms with E-state index < -0.39 is 51.3 Å². The molecule has 3 aromatic rings. The van der Waals surface area contributed by atoms with Gasteiger partial charge in [0.25, 0.3) is 0 Å². The first-order valence-electron chi connectivity index (χ1n) is 13.0. The molecule has 42 heavy (non-hydrogen) atoms. The fourth-order valence-corrected chi connectivity index (χ4v) is 7.42. The highest BCUT2D eigenvalue weighted by molar-refractivity contribution is 7.99. The van der Waals surface area contributed by atoms with Crippen LogP contribution in [0.5, 0.6) is 0 Å². The van der Waals surface area contributed by atoms with Crippen LogP contribution in [0.1, 0.15) is 25.5 Å². The summed E-state index contributed by atoms with van der Waals surface area (Å²) in [6.45, 7) is 3.98. The van der Waals surface area contributed by atoms with Crippen LogP contribution < -0.4 is 10.6 Å². The van der Waals surface area contributed by atoms with Crippen molar-refractivity contribution in [1.82, 2.24) is 14.5 Å². The van der Waals surface area contributed by atoms with Crippen molar-refractivity contribution >= 4 is 53.8 Å². The number of aromatic nitrogens is 2. The van der Waals surface area contributed by atoms with Gasteiger partial charge in [-0.25, -0.2) is 13.6 Å². The molecule has 1 aromatic heterocycles. The van der Waals surface area contributed by atoms with Gasteiger partial charge in [0.05, 0.1) is 36.6 Å². The van der Waals surface area contributed by atoms with Gasteiger partial charge in [-0.15, -0.1) is 11.8 Å². The molecule has 2 aromatic carbocycles. The van der Waals surface area contributed by atoms with Crippen LogP contribution >= 0.6 is 23.4 Å². The first kappa shape index (κ1) is 30.6. The molecule has 5 rings (SSSR count). The third kappa shape index (κ3) is 5.15. The molecule has 0 aliphatic carbocycles. The Morgan fingerprint density at radius 2 is 1.83 bits per heavy atom. The number of methoxy groups -OCH3 is 1. The Labute approximate surface area is 248 Å². The molecule has 1 saturated heterocycles. The lowest BCUT2D eigenvalue weighted by Crippen LogP contribution is -2.59. The zero-order chi connectivity index (χ0) is 30.7. The molecule has 222 valence electrons. The average molecular weight is 627 g/mol. The number of halogens is 6. The second kappa shape index (κ2) is 11.3. The smallest absolute Gasteiger partial charge is 0.383 e. The van der Waals surface area contributed by atoms with Crippen molar-refractivity contribution in [3.05, 3.63) is 50.9 Å². The van der Waals surface area contributed by atoms with Gasteiger partial charge in [0.15, 0.2) is 0 Å². The summed E-state index contributed by atoms with van der Waals surface area (Å²) in [7, 11) is 7.01. The van der Waals surface area contributed by atoms with Crippen LogP contribution in [0, 0.1) is 11.6 Å². The van der Waals surface area contributed by atoms with Crippen LogP contribution in [-0.4, -0.2) is 72.8 Å². The van der Waals surface area contributed by atoms with Gasteiger partial charge in [-0.2, -0.15) is 18.2 Å².